The number of carbonyl (C=O) groups excluding carboxylic acids is 1. The van der Waals surface area contributed by atoms with Gasteiger partial charge in [0.05, 0.1) is 12.2 Å². The molecule has 4 rings (SSSR count). The summed E-state index contributed by atoms with van der Waals surface area (Å²) < 4.78 is 0. The summed E-state index contributed by atoms with van der Waals surface area (Å²) in [5, 5.41) is 2.85. The Morgan fingerprint density at radius 3 is 2.33 bits per heavy atom. The first-order chi connectivity index (χ1) is 13.3. The van der Waals surface area contributed by atoms with Crippen LogP contribution in [0.15, 0.2) is 66.0 Å². The van der Waals surface area contributed by atoms with Gasteiger partial charge in [0.2, 0.25) is 5.91 Å². The first kappa shape index (κ1) is 17.9. The molecule has 138 valence electrons. The molecule has 1 heterocycles. The number of benzene rings is 2. The van der Waals surface area contributed by atoms with Crippen molar-refractivity contribution in [1.29, 1.82) is 0 Å². The summed E-state index contributed by atoms with van der Waals surface area (Å²) in [6.07, 6.45) is 5.56. The lowest BCUT2D eigenvalue weighted by Gasteiger charge is -2.27. The fourth-order valence-corrected chi connectivity index (χ4v) is 4.54. The van der Waals surface area contributed by atoms with E-state index in [4.69, 9.17) is 4.98 Å². The Balaban J connectivity index is 1.63. The molecular formula is C23H24N2OS. The second-order valence-electron chi connectivity index (χ2n) is 7.13. The number of thiazole rings is 1. The summed E-state index contributed by atoms with van der Waals surface area (Å²) in [4.78, 5) is 20.1. The van der Waals surface area contributed by atoms with Gasteiger partial charge >= 0.3 is 0 Å². The largest absolute Gasteiger partial charge is 0.283 e. The number of rotatable bonds is 5. The number of anilines is 1. The molecule has 3 nitrogen and oxygen atoms in total. The molecule has 4 heteroatoms. The summed E-state index contributed by atoms with van der Waals surface area (Å²) in [6.45, 7) is 0.581. The molecule has 2 aromatic carbocycles. The van der Waals surface area contributed by atoms with Crippen LogP contribution in [-0.4, -0.2) is 10.9 Å². The molecular weight excluding hydrogens is 352 g/mol. The molecule has 0 N–H and O–H groups in total. The van der Waals surface area contributed by atoms with Crippen molar-refractivity contribution in [2.45, 2.75) is 38.6 Å². The third-order valence-corrected chi connectivity index (χ3v) is 6.06. The van der Waals surface area contributed by atoms with Gasteiger partial charge in [0.25, 0.3) is 0 Å². The fraction of sp³-hybridized carbons (Fsp3) is 0.304. The van der Waals surface area contributed by atoms with Crippen molar-refractivity contribution in [2.24, 2.45) is 5.92 Å². The number of nitrogens with zero attached hydrogens (tertiary/aromatic N) is 2. The smallest absolute Gasteiger partial charge is 0.232 e. The topological polar surface area (TPSA) is 33.2 Å². The zero-order valence-corrected chi connectivity index (χ0v) is 16.2. The van der Waals surface area contributed by atoms with Crippen LogP contribution in [0.25, 0.3) is 11.3 Å². The Kier molecular flexibility index (Phi) is 5.64. The van der Waals surface area contributed by atoms with E-state index in [9.17, 15) is 4.79 Å². The summed E-state index contributed by atoms with van der Waals surface area (Å²) in [7, 11) is 0. The Morgan fingerprint density at radius 1 is 0.963 bits per heavy atom. The second-order valence-corrected chi connectivity index (χ2v) is 7.96. The predicted molar refractivity (Wildman–Crippen MR) is 112 cm³/mol. The first-order valence-electron chi connectivity index (χ1n) is 9.67. The van der Waals surface area contributed by atoms with Crippen LogP contribution < -0.4 is 4.90 Å². The Labute approximate surface area is 164 Å². The van der Waals surface area contributed by atoms with Gasteiger partial charge in [-0.1, -0.05) is 79.9 Å². The third kappa shape index (κ3) is 4.28. The van der Waals surface area contributed by atoms with Crippen LogP contribution in [0.5, 0.6) is 0 Å². The maximum absolute atomic E-state index is 13.3. The van der Waals surface area contributed by atoms with Crippen LogP contribution in [0.2, 0.25) is 0 Å². The van der Waals surface area contributed by atoms with Crippen molar-refractivity contribution in [3.63, 3.8) is 0 Å². The molecule has 0 saturated heterocycles. The predicted octanol–water partition coefficient (Wildman–Crippen LogP) is 5.92. The fourth-order valence-electron chi connectivity index (χ4n) is 3.71. The lowest BCUT2D eigenvalue weighted by atomic mass is 9.88. The van der Waals surface area contributed by atoms with Gasteiger partial charge in [-0.15, -0.1) is 11.3 Å². The van der Waals surface area contributed by atoms with Crippen molar-refractivity contribution < 1.29 is 4.79 Å². The van der Waals surface area contributed by atoms with Crippen LogP contribution in [0.4, 0.5) is 5.13 Å². The average Bonchev–Trinajstić information content (AvgIpc) is 3.23. The summed E-state index contributed by atoms with van der Waals surface area (Å²) in [5.41, 5.74) is 3.16. The third-order valence-electron chi connectivity index (χ3n) is 5.20. The van der Waals surface area contributed by atoms with Crippen LogP contribution in [0.1, 0.15) is 37.7 Å². The molecule has 1 aromatic heterocycles. The van der Waals surface area contributed by atoms with E-state index < -0.39 is 0 Å². The summed E-state index contributed by atoms with van der Waals surface area (Å²) >= 11 is 1.56. The molecule has 0 unspecified atom stereocenters. The van der Waals surface area contributed by atoms with Crippen LogP contribution in [0.3, 0.4) is 0 Å². The van der Waals surface area contributed by atoms with Crippen molar-refractivity contribution in [2.75, 3.05) is 4.90 Å². The van der Waals surface area contributed by atoms with Crippen LogP contribution >= 0.6 is 11.3 Å². The lowest BCUT2D eigenvalue weighted by molar-refractivity contribution is -0.123. The molecule has 1 amide bonds. The normalized spacial score (nSPS) is 14.8. The molecule has 1 aliphatic rings. The maximum atomic E-state index is 13.3. The number of aromatic nitrogens is 1. The quantitative estimate of drug-likeness (QED) is 0.553. The number of carbonyl (C=O) groups is 1. The average molecular weight is 377 g/mol. The van der Waals surface area contributed by atoms with Crippen molar-refractivity contribution in [3.8, 4) is 11.3 Å². The van der Waals surface area contributed by atoms with E-state index >= 15 is 0 Å². The van der Waals surface area contributed by atoms with Gasteiger partial charge in [0, 0.05) is 16.9 Å². The van der Waals surface area contributed by atoms with Crippen LogP contribution in [-0.2, 0) is 11.3 Å². The Morgan fingerprint density at radius 2 is 1.63 bits per heavy atom. The highest BCUT2D eigenvalue weighted by Crippen LogP contribution is 2.32. The van der Waals surface area contributed by atoms with E-state index in [0.29, 0.717) is 6.54 Å². The van der Waals surface area contributed by atoms with Gasteiger partial charge in [0.15, 0.2) is 5.13 Å². The molecule has 1 fully saturated rings. The highest BCUT2D eigenvalue weighted by atomic mass is 32.1. The molecule has 0 spiro atoms. The van der Waals surface area contributed by atoms with Gasteiger partial charge in [-0.3, -0.25) is 9.69 Å². The molecule has 0 atom stereocenters. The van der Waals surface area contributed by atoms with E-state index in [2.05, 4.69) is 29.6 Å². The summed E-state index contributed by atoms with van der Waals surface area (Å²) in [6, 6.07) is 20.4. The van der Waals surface area contributed by atoms with E-state index in [-0.39, 0.29) is 11.8 Å². The number of hydrogen-bond acceptors (Lipinski definition) is 3. The Hall–Kier alpha value is -2.46. The number of amides is 1. The van der Waals surface area contributed by atoms with E-state index in [1.165, 1.54) is 6.42 Å². The van der Waals surface area contributed by atoms with Gasteiger partial charge in [0.1, 0.15) is 0 Å². The Bertz CT molecular complexity index is 870. The minimum Gasteiger partial charge on any atom is -0.283 e. The van der Waals surface area contributed by atoms with Gasteiger partial charge in [-0.05, 0) is 18.4 Å². The maximum Gasteiger partial charge on any atom is 0.232 e. The molecule has 3 aromatic rings. The highest BCUT2D eigenvalue weighted by molar-refractivity contribution is 7.14. The van der Waals surface area contributed by atoms with Gasteiger partial charge in [-0.2, -0.15) is 0 Å². The molecule has 1 saturated carbocycles. The van der Waals surface area contributed by atoms with Crippen molar-refractivity contribution >= 4 is 22.4 Å². The lowest BCUT2D eigenvalue weighted by Crippen LogP contribution is -2.36. The SMILES string of the molecule is O=C(C1CCCCC1)N(Cc1ccccc1)c1nc(-c2ccccc2)cs1. The minimum atomic E-state index is 0.131. The molecule has 1 aliphatic carbocycles. The molecule has 0 bridgehead atoms. The van der Waals surface area contributed by atoms with E-state index in [1.807, 2.05) is 41.3 Å². The molecule has 27 heavy (non-hydrogen) atoms. The van der Waals surface area contributed by atoms with Crippen molar-refractivity contribution in [3.05, 3.63) is 71.6 Å². The molecule has 0 radical (unpaired) electrons. The van der Waals surface area contributed by atoms with Crippen molar-refractivity contribution in [1.82, 2.24) is 4.98 Å². The van der Waals surface area contributed by atoms with Gasteiger partial charge in [-0.25, -0.2) is 4.98 Å². The van der Waals surface area contributed by atoms with E-state index in [0.717, 1.165) is 47.6 Å². The van der Waals surface area contributed by atoms with Crippen LogP contribution in [0, 0.1) is 5.92 Å². The number of hydrogen-bond donors (Lipinski definition) is 0. The van der Waals surface area contributed by atoms with E-state index in [1.54, 1.807) is 11.3 Å². The summed E-state index contributed by atoms with van der Waals surface area (Å²) in [5.74, 6) is 0.360. The molecule has 0 aliphatic heterocycles. The van der Waals surface area contributed by atoms with Gasteiger partial charge < -0.3 is 0 Å². The standard InChI is InChI=1S/C23H24N2OS/c26-22(20-14-8-3-9-15-20)25(16-18-10-4-1-5-11-18)23-24-21(17-27-23)19-12-6-2-7-13-19/h1-2,4-7,10-13,17,20H,3,8-9,14-16H2. The second kappa shape index (κ2) is 8.49. The highest BCUT2D eigenvalue weighted by Gasteiger charge is 2.28. The zero-order valence-electron chi connectivity index (χ0n) is 15.4. The monoisotopic (exact) mass is 376 g/mol. The zero-order chi connectivity index (χ0) is 18.5. The first-order valence-corrected chi connectivity index (χ1v) is 10.6. The minimum absolute atomic E-state index is 0.131.